The van der Waals surface area contributed by atoms with E-state index in [9.17, 15) is 4.79 Å². The number of nitrogens with one attached hydrogen (secondary N) is 1. The molecule has 1 aromatic heterocycles. The summed E-state index contributed by atoms with van der Waals surface area (Å²) in [6.45, 7) is 16.3. The summed E-state index contributed by atoms with van der Waals surface area (Å²) in [5, 5.41) is 8.33. The van der Waals surface area contributed by atoms with Gasteiger partial charge in [-0.1, -0.05) is 29.4 Å². The molecule has 1 N–H and O–H groups in total. The lowest BCUT2D eigenvalue weighted by Gasteiger charge is -2.62. The molecule has 1 spiro atoms. The van der Waals surface area contributed by atoms with Crippen molar-refractivity contribution in [2.45, 2.75) is 116 Å². The molecule has 11 nitrogen and oxygen atoms in total. The van der Waals surface area contributed by atoms with Gasteiger partial charge in [-0.3, -0.25) is 4.79 Å². The number of benzene rings is 1. The number of methoxy groups -OCH3 is 1. The number of fused-ring (bicyclic) bond motifs is 4. The van der Waals surface area contributed by atoms with Gasteiger partial charge >= 0.3 is 5.97 Å². The molecule has 3 aliphatic carbocycles. The van der Waals surface area contributed by atoms with E-state index in [2.05, 4.69) is 90.3 Å². The highest BCUT2D eigenvalue weighted by Crippen LogP contribution is 2.74. The van der Waals surface area contributed by atoms with E-state index in [-0.39, 0.29) is 23.6 Å². The van der Waals surface area contributed by atoms with Gasteiger partial charge in [-0.25, -0.2) is 9.48 Å². The topological polar surface area (TPSA) is 123 Å². The van der Waals surface area contributed by atoms with Gasteiger partial charge in [-0.05, 0) is 109 Å². The zero-order chi connectivity index (χ0) is 38.5. The van der Waals surface area contributed by atoms with E-state index in [1.807, 2.05) is 18.5 Å². The Balaban J connectivity index is 1.44. The number of allylic oxidation sites excluding steroid dienone is 4. The minimum absolute atomic E-state index is 0.0649. The van der Waals surface area contributed by atoms with Crippen LogP contribution in [0, 0.1) is 11.8 Å². The number of hydrogen-bond donors (Lipinski definition) is 1. The molecule has 5 heterocycles. The summed E-state index contributed by atoms with van der Waals surface area (Å²) < 4.78 is 35.4. The summed E-state index contributed by atoms with van der Waals surface area (Å²) in [6, 6.07) is -0.466. The van der Waals surface area contributed by atoms with Crippen LogP contribution in [-0.4, -0.2) is 61.5 Å². The van der Waals surface area contributed by atoms with Gasteiger partial charge in [0, 0.05) is 35.0 Å². The Morgan fingerprint density at radius 1 is 1.09 bits per heavy atom. The van der Waals surface area contributed by atoms with Crippen LogP contribution in [0.25, 0.3) is 11.8 Å². The second-order valence-corrected chi connectivity index (χ2v) is 17.1. The Morgan fingerprint density at radius 2 is 1.85 bits per heavy atom. The summed E-state index contributed by atoms with van der Waals surface area (Å²) in [5.41, 5.74) is 3.02. The van der Waals surface area contributed by atoms with E-state index >= 15 is 4.79 Å². The number of rotatable bonds is 10. The molecule has 0 amide bonds. The highest BCUT2D eigenvalue weighted by molar-refractivity contribution is 9.09. The highest BCUT2D eigenvalue weighted by Gasteiger charge is 2.84. The Labute approximate surface area is 325 Å². The van der Waals surface area contributed by atoms with Crippen molar-refractivity contribution in [1.29, 1.82) is 0 Å². The van der Waals surface area contributed by atoms with Gasteiger partial charge in [0.2, 0.25) is 5.95 Å². The van der Waals surface area contributed by atoms with Crippen molar-refractivity contribution < 1.29 is 33.3 Å². The molecular weight excluding hydrogens is 752 g/mol. The largest absolute Gasteiger partial charge is 0.482 e. The number of Topliss-reactive ketones (excluding diaryl/α,β-unsaturated/α-hetero) is 1. The third kappa shape index (κ3) is 5.07. The number of halogens is 1. The molecule has 4 bridgehead atoms. The van der Waals surface area contributed by atoms with Crippen LogP contribution in [-0.2, 0) is 25.5 Å². The first-order chi connectivity index (χ1) is 25.6. The molecule has 7 aliphatic rings. The fourth-order valence-corrected chi connectivity index (χ4v) is 10.2. The van der Waals surface area contributed by atoms with Gasteiger partial charge in [0.05, 0.1) is 35.6 Å². The van der Waals surface area contributed by atoms with Crippen molar-refractivity contribution in [2.75, 3.05) is 17.9 Å². The maximum Gasteiger partial charge on any atom is 0.333 e. The molecule has 4 aliphatic heterocycles. The number of carbonyl (C=O) groups excluding carboxylic acids is 2. The highest BCUT2D eigenvalue weighted by atomic mass is 79.9. The van der Waals surface area contributed by atoms with Crippen LogP contribution in [0.2, 0.25) is 0 Å². The third-order valence-corrected chi connectivity index (χ3v) is 12.5. The average molecular weight is 802 g/mol. The predicted molar refractivity (Wildman–Crippen MR) is 209 cm³/mol. The van der Waals surface area contributed by atoms with Crippen molar-refractivity contribution in [2.24, 2.45) is 11.8 Å². The van der Waals surface area contributed by atoms with Crippen LogP contribution >= 0.6 is 15.9 Å². The first-order valence-corrected chi connectivity index (χ1v) is 19.9. The van der Waals surface area contributed by atoms with Crippen LogP contribution in [0.4, 0.5) is 5.95 Å². The standard InChI is InChI=1S/C42H49BrN4O7/c1-22(2)11-10-16-40(8)17-15-26-33(52-40)25(13-12-23(3)4)35-29(34(26)51-20-43)31-30-32(47-38(46-31)44-21-45-47)27-19-28-39(6,7)54-41(36(27)48,42(28,30)53-35)18-14-24(5)37(49)50-9/h11-12,14-15,17,21,27-28,32H,10,13,16,18-20H2,1-9H3,(H,44,45,46)/b24-14-. The molecule has 2 aromatic rings. The minimum atomic E-state index is -1.46. The quantitative estimate of drug-likeness (QED) is 0.109. The predicted octanol–water partition coefficient (Wildman–Crippen LogP) is 8.21. The molecule has 1 aromatic carbocycles. The lowest BCUT2D eigenvalue weighted by Crippen LogP contribution is -2.75. The summed E-state index contributed by atoms with van der Waals surface area (Å²) >= 11 is 3.56. The summed E-state index contributed by atoms with van der Waals surface area (Å²) in [6.07, 6.45) is 14.7. The molecule has 3 saturated carbocycles. The van der Waals surface area contributed by atoms with Crippen molar-refractivity contribution in [1.82, 2.24) is 14.8 Å². The summed E-state index contributed by atoms with van der Waals surface area (Å²) in [5.74, 6) is 1.18. The first-order valence-electron chi connectivity index (χ1n) is 18.8. The lowest BCUT2D eigenvalue weighted by atomic mass is 9.47. The number of aromatic nitrogens is 3. The van der Waals surface area contributed by atoms with Crippen molar-refractivity contribution in [3.05, 3.63) is 69.6 Å². The molecular formula is C42H49BrN4O7. The number of ketones is 1. The molecule has 1 saturated heterocycles. The number of anilines is 1. The Morgan fingerprint density at radius 3 is 2.56 bits per heavy atom. The van der Waals surface area contributed by atoms with E-state index in [1.54, 1.807) is 13.0 Å². The van der Waals surface area contributed by atoms with Crippen LogP contribution in [0.15, 0.2) is 52.9 Å². The first kappa shape index (κ1) is 36.8. The Bertz CT molecular complexity index is 2140. The van der Waals surface area contributed by atoms with Crippen molar-refractivity contribution in [3.63, 3.8) is 0 Å². The van der Waals surface area contributed by atoms with Crippen molar-refractivity contribution in [3.8, 4) is 17.2 Å². The Hall–Kier alpha value is -4.16. The molecule has 4 fully saturated rings. The zero-order valence-electron chi connectivity index (χ0n) is 32.5. The van der Waals surface area contributed by atoms with Gasteiger partial charge in [0.25, 0.3) is 0 Å². The van der Waals surface area contributed by atoms with Crippen LogP contribution in [0.5, 0.6) is 17.2 Å². The number of nitrogens with zero attached hydrogens (tertiary/aromatic N) is 3. The van der Waals surface area contributed by atoms with E-state index in [0.717, 1.165) is 46.4 Å². The number of hydrogen-bond acceptors (Lipinski definition) is 10. The molecule has 6 atom stereocenters. The van der Waals surface area contributed by atoms with Crippen LogP contribution < -0.4 is 19.5 Å². The SMILES string of the molecule is COC(=O)/C(C)=C\CC12OC(C)(C)C3CC(C1=O)C1C4=C(Nc5ncnn51)c1c(OCBr)c5c(c(CC=C(C)C)c1OC432)OC(C)(CCC=C(C)C)C=C5. The van der Waals surface area contributed by atoms with Gasteiger partial charge in [0.1, 0.15) is 34.7 Å². The molecule has 54 heavy (non-hydrogen) atoms. The molecule has 12 heteroatoms. The number of ether oxygens (including phenoxy) is 5. The van der Waals surface area contributed by atoms with E-state index in [1.165, 1.54) is 19.0 Å². The zero-order valence-corrected chi connectivity index (χ0v) is 34.1. The van der Waals surface area contributed by atoms with E-state index < -0.39 is 40.3 Å². The summed E-state index contributed by atoms with van der Waals surface area (Å²) in [7, 11) is 1.35. The maximum atomic E-state index is 15.3. The molecule has 0 radical (unpaired) electrons. The lowest BCUT2D eigenvalue weighted by molar-refractivity contribution is -0.181. The number of carbonyl (C=O) groups is 2. The third-order valence-electron chi connectivity index (χ3n) is 12.3. The second kappa shape index (κ2) is 12.7. The average Bonchev–Trinajstić information content (AvgIpc) is 3.64. The number of alkyl halides is 1. The summed E-state index contributed by atoms with van der Waals surface area (Å²) in [4.78, 5) is 32.6. The number of esters is 1. The van der Waals surface area contributed by atoms with E-state index in [4.69, 9.17) is 23.7 Å². The molecule has 9 rings (SSSR count). The van der Waals surface area contributed by atoms with Gasteiger partial charge in [0.15, 0.2) is 17.0 Å². The van der Waals surface area contributed by atoms with Gasteiger partial charge in [-0.2, -0.15) is 10.1 Å². The van der Waals surface area contributed by atoms with Crippen LogP contribution in [0.1, 0.15) is 104 Å². The minimum Gasteiger partial charge on any atom is -0.482 e. The Kier molecular flexibility index (Phi) is 8.65. The molecule has 286 valence electrons. The van der Waals surface area contributed by atoms with Gasteiger partial charge < -0.3 is 29.0 Å². The fraction of sp³-hybridized carbons (Fsp3) is 0.524. The fourth-order valence-electron chi connectivity index (χ4n) is 9.93. The van der Waals surface area contributed by atoms with Gasteiger partial charge in [-0.15, -0.1) is 0 Å². The van der Waals surface area contributed by atoms with Crippen molar-refractivity contribution >= 4 is 45.4 Å². The van der Waals surface area contributed by atoms with E-state index in [0.29, 0.717) is 41.6 Å². The normalized spacial score (nSPS) is 30.2. The second-order valence-electron chi connectivity index (χ2n) is 16.7. The smallest absolute Gasteiger partial charge is 0.333 e. The maximum absolute atomic E-state index is 15.3. The van der Waals surface area contributed by atoms with Crippen LogP contribution in [0.3, 0.4) is 0 Å². The molecule has 6 unspecified atom stereocenters. The monoisotopic (exact) mass is 800 g/mol.